The molecule has 1 heterocycles. The van der Waals surface area contributed by atoms with Gasteiger partial charge in [0.2, 0.25) is 23.6 Å². The highest BCUT2D eigenvalue weighted by atomic mass is 35.5. The van der Waals surface area contributed by atoms with E-state index in [0.29, 0.717) is 41.4 Å². The lowest BCUT2D eigenvalue weighted by Crippen LogP contribution is -2.49. The van der Waals surface area contributed by atoms with Crippen molar-refractivity contribution < 1.29 is 19.2 Å². The molecule has 0 radical (unpaired) electrons. The molecule has 1 aromatic carbocycles. The first-order valence-corrected chi connectivity index (χ1v) is 12.0. The first kappa shape index (κ1) is 25.2. The van der Waals surface area contributed by atoms with Gasteiger partial charge < -0.3 is 10.2 Å². The number of halogens is 2. The number of likely N-dealkylation sites (N-methyl/N-ethyl adjacent to an activating group) is 1. The zero-order valence-electron chi connectivity index (χ0n) is 18.9. The quantitative estimate of drug-likeness (QED) is 0.420. The Morgan fingerprint density at radius 3 is 2.30 bits per heavy atom. The minimum atomic E-state index is -0.707. The molecule has 4 amide bonds. The molecule has 1 saturated heterocycles. The number of fused-ring (bicyclic) bond motifs is 1. The van der Waals surface area contributed by atoms with Gasteiger partial charge in [0.15, 0.2) is 0 Å². The van der Waals surface area contributed by atoms with E-state index in [4.69, 9.17) is 23.2 Å². The molecule has 0 bridgehead atoms. The molecule has 1 aliphatic carbocycles. The summed E-state index contributed by atoms with van der Waals surface area (Å²) in [6.45, 7) is 4.19. The van der Waals surface area contributed by atoms with Crippen LogP contribution in [-0.2, 0) is 25.7 Å². The van der Waals surface area contributed by atoms with Gasteiger partial charge in [-0.1, -0.05) is 48.3 Å². The first-order valence-electron chi connectivity index (χ1n) is 11.3. The summed E-state index contributed by atoms with van der Waals surface area (Å²) in [5.41, 5.74) is 0.655. The smallest absolute Gasteiger partial charge is 0.242 e. The highest BCUT2D eigenvalue weighted by Gasteiger charge is 2.47. The molecule has 0 unspecified atom stereocenters. The van der Waals surface area contributed by atoms with Gasteiger partial charge in [-0.15, -0.1) is 0 Å². The Morgan fingerprint density at radius 1 is 1.12 bits per heavy atom. The van der Waals surface area contributed by atoms with Crippen LogP contribution in [0, 0.1) is 11.8 Å². The van der Waals surface area contributed by atoms with Crippen molar-refractivity contribution in [2.45, 2.75) is 52.1 Å². The van der Waals surface area contributed by atoms with Crippen molar-refractivity contribution in [3.63, 3.8) is 0 Å². The second-order valence-electron chi connectivity index (χ2n) is 8.31. The van der Waals surface area contributed by atoms with E-state index in [9.17, 15) is 19.2 Å². The third kappa shape index (κ3) is 5.58. The van der Waals surface area contributed by atoms with E-state index in [2.05, 4.69) is 5.32 Å². The Hall–Kier alpha value is -2.38. The van der Waals surface area contributed by atoms with Crippen LogP contribution in [0.25, 0.3) is 0 Å². The predicted octanol–water partition coefficient (Wildman–Crippen LogP) is 3.58. The molecule has 1 aromatic rings. The van der Waals surface area contributed by atoms with Crippen LogP contribution in [0.4, 0.5) is 0 Å². The molecule has 2 aliphatic rings. The molecule has 9 heteroatoms. The first-order chi connectivity index (χ1) is 15.8. The summed E-state index contributed by atoms with van der Waals surface area (Å²) in [5, 5.41) is 3.64. The van der Waals surface area contributed by atoms with Crippen molar-refractivity contribution in [1.82, 2.24) is 15.1 Å². The van der Waals surface area contributed by atoms with Crippen molar-refractivity contribution in [3.8, 4) is 0 Å². The van der Waals surface area contributed by atoms with Gasteiger partial charge in [-0.3, -0.25) is 24.1 Å². The van der Waals surface area contributed by atoms with Crippen LogP contribution in [0.1, 0.15) is 45.1 Å². The number of hydrogen-bond acceptors (Lipinski definition) is 4. The summed E-state index contributed by atoms with van der Waals surface area (Å²) in [5.74, 6) is -1.69. The molecule has 1 aliphatic heterocycles. The number of imide groups is 1. The molecule has 178 valence electrons. The Kier molecular flexibility index (Phi) is 8.54. The summed E-state index contributed by atoms with van der Waals surface area (Å²) in [6, 6.07) is 4.28. The molecule has 0 spiro atoms. The molecule has 7 nitrogen and oxygen atoms in total. The Balaban J connectivity index is 1.77. The minimum absolute atomic E-state index is 0.000180. The van der Waals surface area contributed by atoms with Crippen molar-refractivity contribution in [1.29, 1.82) is 0 Å². The number of amides is 4. The van der Waals surface area contributed by atoms with E-state index in [1.54, 1.807) is 18.2 Å². The topological polar surface area (TPSA) is 86.8 Å². The van der Waals surface area contributed by atoms with Gasteiger partial charge in [-0.05, 0) is 43.9 Å². The molecule has 1 fully saturated rings. The average molecular weight is 494 g/mol. The summed E-state index contributed by atoms with van der Waals surface area (Å²) in [4.78, 5) is 54.2. The third-order valence-corrected chi connectivity index (χ3v) is 6.83. The highest BCUT2D eigenvalue weighted by molar-refractivity contribution is 6.35. The highest BCUT2D eigenvalue weighted by Crippen LogP contribution is 2.35. The zero-order valence-corrected chi connectivity index (χ0v) is 20.4. The number of allylic oxidation sites excluding steroid dienone is 2. The molecule has 3 atom stereocenters. The molecule has 1 N–H and O–H groups in total. The standard InChI is InChI=1S/C24H29Cl2N3O4/c1-3-20(22(31)27-4-2)29(14-15-9-10-16(25)13-19(15)26)21(30)11-12-28-23(32)17-7-5-6-8-18(17)24(28)33/h5-6,9-10,13,17-18,20H,3-4,7-8,11-12,14H2,1-2H3,(H,27,31)/t17-,18+,20-/m0/s1. The second kappa shape index (κ2) is 11.2. The fourth-order valence-corrected chi connectivity index (χ4v) is 4.95. The molecular formula is C24H29Cl2N3O4. The predicted molar refractivity (Wildman–Crippen MR) is 126 cm³/mol. The van der Waals surface area contributed by atoms with Gasteiger partial charge in [-0.25, -0.2) is 0 Å². The lowest BCUT2D eigenvalue weighted by atomic mass is 9.85. The average Bonchev–Trinajstić information content (AvgIpc) is 3.03. The van der Waals surface area contributed by atoms with E-state index in [-0.39, 0.29) is 55.0 Å². The van der Waals surface area contributed by atoms with E-state index in [0.717, 1.165) is 0 Å². The lowest BCUT2D eigenvalue weighted by molar-refractivity contribution is -0.144. The van der Waals surface area contributed by atoms with E-state index < -0.39 is 6.04 Å². The van der Waals surface area contributed by atoms with Gasteiger partial charge >= 0.3 is 0 Å². The van der Waals surface area contributed by atoms with Crippen LogP contribution in [0.5, 0.6) is 0 Å². The van der Waals surface area contributed by atoms with Gasteiger partial charge in [0, 0.05) is 36.1 Å². The van der Waals surface area contributed by atoms with Gasteiger partial charge in [-0.2, -0.15) is 0 Å². The van der Waals surface area contributed by atoms with Crippen molar-refractivity contribution in [2.75, 3.05) is 13.1 Å². The lowest BCUT2D eigenvalue weighted by Gasteiger charge is -2.31. The summed E-state index contributed by atoms with van der Waals surface area (Å²) in [7, 11) is 0. The maximum Gasteiger partial charge on any atom is 0.242 e. The fraction of sp³-hybridized carbons (Fsp3) is 0.500. The molecular weight excluding hydrogens is 465 g/mol. The number of carbonyl (C=O) groups excluding carboxylic acids is 4. The number of hydrogen-bond donors (Lipinski definition) is 1. The van der Waals surface area contributed by atoms with Crippen molar-refractivity contribution in [3.05, 3.63) is 46.0 Å². The fourth-order valence-electron chi connectivity index (χ4n) is 4.49. The summed E-state index contributed by atoms with van der Waals surface area (Å²) >= 11 is 12.3. The van der Waals surface area contributed by atoms with E-state index in [1.165, 1.54) is 9.80 Å². The van der Waals surface area contributed by atoms with E-state index >= 15 is 0 Å². The van der Waals surface area contributed by atoms with Crippen LogP contribution >= 0.6 is 23.2 Å². The number of benzene rings is 1. The minimum Gasteiger partial charge on any atom is -0.355 e. The second-order valence-corrected chi connectivity index (χ2v) is 9.15. The molecule has 3 rings (SSSR count). The Bertz CT molecular complexity index is 939. The molecule has 0 saturated carbocycles. The number of rotatable bonds is 9. The number of likely N-dealkylation sites (tertiary alicyclic amines) is 1. The van der Waals surface area contributed by atoms with Crippen LogP contribution < -0.4 is 5.32 Å². The maximum absolute atomic E-state index is 13.3. The van der Waals surface area contributed by atoms with Crippen LogP contribution in [0.2, 0.25) is 10.0 Å². The van der Waals surface area contributed by atoms with Crippen molar-refractivity contribution >= 4 is 46.8 Å². The maximum atomic E-state index is 13.3. The zero-order chi connectivity index (χ0) is 24.1. The van der Waals surface area contributed by atoms with Gasteiger partial charge in [0.25, 0.3) is 0 Å². The van der Waals surface area contributed by atoms with Crippen LogP contribution in [-0.4, -0.2) is 52.6 Å². The normalized spacial score (nSPS) is 20.5. The van der Waals surface area contributed by atoms with Gasteiger partial charge in [0.05, 0.1) is 11.8 Å². The van der Waals surface area contributed by atoms with Crippen molar-refractivity contribution in [2.24, 2.45) is 11.8 Å². The Morgan fingerprint density at radius 2 is 1.76 bits per heavy atom. The number of carbonyl (C=O) groups is 4. The SMILES string of the molecule is CCNC(=O)[C@H](CC)N(Cc1ccc(Cl)cc1Cl)C(=O)CCN1C(=O)[C@H]2CC=CC[C@H]2C1=O. The van der Waals surface area contributed by atoms with Gasteiger partial charge in [0.1, 0.15) is 6.04 Å². The Labute approximate surface area is 204 Å². The molecule has 33 heavy (non-hydrogen) atoms. The number of nitrogens with zero attached hydrogens (tertiary/aromatic N) is 2. The monoisotopic (exact) mass is 493 g/mol. The summed E-state index contributed by atoms with van der Waals surface area (Å²) < 4.78 is 0. The molecule has 0 aromatic heterocycles. The van der Waals surface area contributed by atoms with Crippen LogP contribution in [0.15, 0.2) is 30.4 Å². The van der Waals surface area contributed by atoms with Crippen LogP contribution in [0.3, 0.4) is 0 Å². The third-order valence-electron chi connectivity index (χ3n) is 6.24. The summed E-state index contributed by atoms with van der Waals surface area (Å²) in [6.07, 6.45) is 5.30. The number of nitrogens with one attached hydrogen (secondary N) is 1. The van der Waals surface area contributed by atoms with E-state index in [1.807, 2.05) is 26.0 Å². The largest absolute Gasteiger partial charge is 0.355 e.